The number of hydrogen-bond acceptors (Lipinski definition) is 6. The van der Waals surface area contributed by atoms with E-state index in [2.05, 4.69) is 39.1 Å². The van der Waals surface area contributed by atoms with Gasteiger partial charge in [-0.15, -0.1) is 0 Å². The number of likely N-dealkylation sites (N-methyl/N-ethyl adjacent to an activating group) is 1. The van der Waals surface area contributed by atoms with E-state index in [-0.39, 0.29) is 17.8 Å². The summed E-state index contributed by atoms with van der Waals surface area (Å²) in [5.41, 5.74) is 6.81. The highest BCUT2D eigenvalue weighted by Gasteiger charge is 2.34. The normalized spacial score (nSPS) is 16.2. The maximum atomic E-state index is 12.2. The number of benzene rings is 2. The average molecular weight is 446 g/mol. The zero-order valence-corrected chi connectivity index (χ0v) is 19.0. The average Bonchev–Trinajstić information content (AvgIpc) is 3.45. The lowest BCUT2D eigenvalue weighted by molar-refractivity contribution is -0.147. The van der Waals surface area contributed by atoms with Crippen LogP contribution in [0.4, 0.5) is 0 Å². The Morgan fingerprint density at radius 2 is 2.09 bits per heavy atom. The molecule has 3 N–H and O–H groups in total. The summed E-state index contributed by atoms with van der Waals surface area (Å²) in [4.78, 5) is 22.5. The Balaban J connectivity index is 1.50. The maximum Gasteiger partial charge on any atom is 0.323 e. The number of phenols is 1. The van der Waals surface area contributed by atoms with Gasteiger partial charge in [-0.3, -0.25) is 14.8 Å². The number of imidazole rings is 1. The second-order valence-electron chi connectivity index (χ2n) is 8.34. The van der Waals surface area contributed by atoms with Crippen molar-refractivity contribution in [3.8, 4) is 28.4 Å². The van der Waals surface area contributed by atoms with E-state index in [1.54, 1.807) is 6.07 Å². The Labute approximate surface area is 191 Å². The number of fused-ring (bicyclic) bond motifs is 2. The molecule has 0 amide bonds. The van der Waals surface area contributed by atoms with Crippen molar-refractivity contribution in [3.63, 3.8) is 0 Å². The third-order valence-corrected chi connectivity index (χ3v) is 6.50. The van der Waals surface area contributed by atoms with E-state index in [9.17, 15) is 9.90 Å². The van der Waals surface area contributed by atoms with Crippen LogP contribution in [0, 0.1) is 0 Å². The summed E-state index contributed by atoms with van der Waals surface area (Å²) in [6.45, 7) is 5.48. The Hall–Kier alpha value is -3.65. The van der Waals surface area contributed by atoms with Crippen molar-refractivity contribution in [3.05, 3.63) is 53.3 Å². The van der Waals surface area contributed by atoms with Crippen LogP contribution in [0.2, 0.25) is 0 Å². The highest BCUT2D eigenvalue weighted by atomic mass is 16.5. The molecule has 2 aromatic heterocycles. The SMILES string of the molecule is CCc1cc(O)ccc1-c1ccc2c(-c3nc4c([nH]3)CN(CC)[C@H](C(=O)OC)C4)n[nH]c2c1. The molecule has 3 heterocycles. The Morgan fingerprint density at radius 1 is 1.24 bits per heavy atom. The van der Waals surface area contributed by atoms with Gasteiger partial charge in [-0.2, -0.15) is 5.10 Å². The number of esters is 1. The molecule has 0 saturated carbocycles. The maximum absolute atomic E-state index is 12.2. The summed E-state index contributed by atoms with van der Waals surface area (Å²) in [5, 5.41) is 18.5. The summed E-state index contributed by atoms with van der Waals surface area (Å²) in [5.74, 6) is 0.739. The van der Waals surface area contributed by atoms with E-state index in [4.69, 9.17) is 9.72 Å². The van der Waals surface area contributed by atoms with Crippen LogP contribution >= 0.6 is 0 Å². The number of carbonyl (C=O) groups excluding carboxylic acids is 1. The monoisotopic (exact) mass is 445 g/mol. The first-order chi connectivity index (χ1) is 16.0. The third-order valence-electron chi connectivity index (χ3n) is 6.50. The van der Waals surface area contributed by atoms with Crippen LogP contribution in [0.3, 0.4) is 0 Å². The highest BCUT2D eigenvalue weighted by molar-refractivity contribution is 5.94. The molecule has 170 valence electrons. The molecule has 8 nitrogen and oxygen atoms in total. The molecule has 1 aliphatic rings. The summed E-state index contributed by atoms with van der Waals surface area (Å²) in [6.07, 6.45) is 1.34. The number of methoxy groups -OCH3 is 1. The van der Waals surface area contributed by atoms with Crippen molar-refractivity contribution in [1.29, 1.82) is 0 Å². The van der Waals surface area contributed by atoms with E-state index < -0.39 is 0 Å². The zero-order chi connectivity index (χ0) is 23.1. The van der Waals surface area contributed by atoms with Gasteiger partial charge in [-0.25, -0.2) is 4.98 Å². The number of ether oxygens (including phenoxy) is 1. The first kappa shape index (κ1) is 21.2. The van der Waals surface area contributed by atoms with E-state index in [0.29, 0.717) is 18.8 Å². The number of aromatic amines is 2. The van der Waals surface area contributed by atoms with Crippen molar-refractivity contribution < 1.29 is 14.6 Å². The predicted molar refractivity (Wildman–Crippen MR) is 126 cm³/mol. The summed E-state index contributed by atoms with van der Waals surface area (Å²) in [6, 6.07) is 11.4. The fraction of sp³-hybridized carbons (Fsp3) is 0.320. The number of phenolic OH excluding ortho intramolecular Hbond substituents is 1. The summed E-state index contributed by atoms with van der Waals surface area (Å²) in [7, 11) is 1.42. The number of hydrogen-bond donors (Lipinski definition) is 3. The molecule has 0 radical (unpaired) electrons. The van der Waals surface area contributed by atoms with Crippen LogP contribution < -0.4 is 0 Å². The fourth-order valence-corrected chi connectivity index (χ4v) is 4.71. The van der Waals surface area contributed by atoms with Crippen molar-refractivity contribution >= 4 is 16.9 Å². The number of nitrogens with zero attached hydrogens (tertiary/aromatic N) is 3. The Morgan fingerprint density at radius 3 is 2.85 bits per heavy atom. The smallest absolute Gasteiger partial charge is 0.323 e. The largest absolute Gasteiger partial charge is 0.508 e. The molecule has 0 spiro atoms. The minimum absolute atomic E-state index is 0.231. The second-order valence-corrected chi connectivity index (χ2v) is 8.34. The molecule has 2 aromatic carbocycles. The first-order valence-electron chi connectivity index (χ1n) is 11.2. The van der Waals surface area contributed by atoms with Gasteiger partial charge >= 0.3 is 5.97 Å². The zero-order valence-electron chi connectivity index (χ0n) is 19.0. The summed E-state index contributed by atoms with van der Waals surface area (Å²) < 4.78 is 4.99. The van der Waals surface area contributed by atoms with Gasteiger partial charge in [0.15, 0.2) is 5.82 Å². The van der Waals surface area contributed by atoms with Crippen molar-refractivity contribution in [1.82, 2.24) is 25.1 Å². The number of carbonyl (C=O) groups is 1. The van der Waals surface area contributed by atoms with Crippen molar-refractivity contribution in [2.24, 2.45) is 0 Å². The molecular weight excluding hydrogens is 418 g/mol. The van der Waals surface area contributed by atoms with Crippen LogP contribution in [0.15, 0.2) is 36.4 Å². The quantitative estimate of drug-likeness (QED) is 0.403. The van der Waals surface area contributed by atoms with Crippen LogP contribution in [0.5, 0.6) is 5.75 Å². The van der Waals surface area contributed by atoms with E-state index in [0.717, 1.165) is 57.6 Å². The van der Waals surface area contributed by atoms with E-state index >= 15 is 0 Å². The van der Waals surface area contributed by atoms with Gasteiger partial charge in [0.1, 0.15) is 17.5 Å². The molecule has 4 aromatic rings. The topological polar surface area (TPSA) is 107 Å². The molecule has 0 unspecified atom stereocenters. The number of aromatic nitrogens is 4. The van der Waals surface area contributed by atoms with Crippen molar-refractivity contribution in [2.75, 3.05) is 13.7 Å². The number of aromatic hydroxyl groups is 1. The lowest BCUT2D eigenvalue weighted by Gasteiger charge is -2.31. The molecule has 1 atom stereocenters. The number of H-pyrrole nitrogens is 2. The predicted octanol–water partition coefficient (Wildman–Crippen LogP) is 3.81. The number of aryl methyl sites for hydroxylation is 1. The van der Waals surface area contributed by atoms with Gasteiger partial charge in [0.2, 0.25) is 0 Å². The Kier molecular flexibility index (Phi) is 5.38. The van der Waals surface area contributed by atoms with Crippen molar-refractivity contribution in [2.45, 2.75) is 39.3 Å². The third kappa shape index (κ3) is 3.66. The van der Waals surface area contributed by atoms with Gasteiger partial charge in [-0.1, -0.05) is 26.0 Å². The van der Waals surface area contributed by atoms with Gasteiger partial charge < -0.3 is 14.8 Å². The Bertz CT molecular complexity index is 1340. The molecule has 0 saturated heterocycles. The number of nitrogens with one attached hydrogen (secondary N) is 2. The van der Waals surface area contributed by atoms with Crippen LogP contribution in [-0.2, 0) is 28.9 Å². The van der Waals surface area contributed by atoms with E-state index in [1.165, 1.54) is 7.11 Å². The molecule has 0 aliphatic carbocycles. The molecule has 0 bridgehead atoms. The minimum atomic E-state index is -0.319. The number of rotatable bonds is 5. The standard InChI is InChI=1S/C25H27N5O3/c1-4-14-10-16(31)7-9-17(14)15-6-8-18-19(11-15)28-29-23(18)24-26-20-12-22(25(32)33-3)30(5-2)13-21(20)27-24/h6-11,22,31H,4-5,12-13H2,1-3H3,(H,26,27)(H,28,29)/t22-/m0/s1. The summed E-state index contributed by atoms with van der Waals surface area (Å²) >= 11 is 0. The molecule has 0 fully saturated rings. The van der Waals surface area contributed by atoms with Crippen LogP contribution in [0.25, 0.3) is 33.5 Å². The van der Waals surface area contributed by atoms with Gasteiger partial charge in [0.05, 0.1) is 24.0 Å². The minimum Gasteiger partial charge on any atom is -0.508 e. The molecule has 33 heavy (non-hydrogen) atoms. The lowest BCUT2D eigenvalue weighted by atomic mass is 9.97. The lowest BCUT2D eigenvalue weighted by Crippen LogP contribution is -2.46. The highest BCUT2D eigenvalue weighted by Crippen LogP contribution is 2.33. The van der Waals surface area contributed by atoms with Gasteiger partial charge in [-0.05, 0) is 53.9 Å². The van der Waals surface area contributed by atoms with Crippen LogP contribution in [-0.4, -0.2) is 55.8 Å². The van der Waals surface area contributed by atoms with E-state index in [1.807, 2.05) is 25.1 Å². The van der Waals surface area contributed by atoms with Gasteiger partial charge in [0.25, 0.3) is 0 Å². The van der Waals surface area contributed by atoms with Gasteiger partial charge in [0, 0.05) is 18.4 Å². The second kappa shape index (κ2) is 8.37. The van der Waals surface area contributed by atoms with Crippen LogP contribution in [0.1, 0.15) is 30.8 Å². The molecular formula is C25H27N5O3. The molecule has 1 aliphatic heterocycles. The molecule has 8 heteroatoms. The fourth-order valence-electron chi connectivity index (χ4n) is 4.71. The molecule has 5 rings (SSSR count). The first-order valence-corrected chi connectivity index (χ1v) is 11.2.